The number of anilines is 3. The molecule has 1 unspecified atom stereocenters. The zero-order valence-electron chi connectivity index (χ0n) is 23.9. The summed E-state index contributed by atoms with van der Waals surface area (Å²) in [5.41, 5.74) is 1.42. The van der Waals surface area contributed by atoms with Crippen LogP contribution in [-0.2, 0) is 23.6 Å². The number of fused-ring (bicyclic) bond motifs is 1. The van der Waals surface area contributed by atoms with Crippen molar-refractivity contribution in [1.82, 2.24) is 24.4 Å². The lowest BCUT2D eigenvalue weighted by molar-refractivity contribution is 0.154. The van der Waals surface area contributed by atoms with Crippen LogP contribution < -0.4 is 24.2 Å². The van der Waals surface area contributed by atoms with Crippen LogP contribution in [0.5, 0.6) is 17.2 Å². The number of para-hydroxylation sites is 2. The quantitative estimate of drug-likeness (QED) is 0.212. The SMILES string of the molecule is COc1cc(Nc2nc3ccccc3nc2NS(=O)(=O)c2cn(C)c(CN(C)C)n2)c(OCCC(C)O)c(OC)c1. The summed E-state index contributed by atoms with van der Waals surface area (Å²) in [5.74, 6) is 1.82. The summed E-state index contributed by atoms with van der Waals surface area (Å²) < 4.78 is 48.1. The monoisotopic (exact) mass is 585 g/mol. The van der Waals surface area contributed by atoms with Gasteiger partial charge < -0.3 is 34.1 Å². The van der Waals surface area contributed by atoms with Crippen molar-refractivity contribution >= 4 is 38.4 Å². The molecule has 4 aromatic rings. The van der Waals surface area contributed by atoms with E-state index in [2.05, 4.69) is 25.0 Å². The highest BCUT2D eigenvalue weighted by atomic mass is 32.2. The van der Waals surface area contributed by atoms with Gasteiger partial charge in [-0.3, -0.25) is 4.72 Å². The summed E-state index contributed by atoms with van der Waals surface area (Å²) in [6.45, 7) is 2.33. The Hall–Kier alpha value is -4.14. The number of aliphatic hydroxyl groups is 1. The molecule has 3 N–H and O–H groups in total. The lowest BCUT2D eigenvalue weighted by Gasteiger charge is -2.19. The van der Waals surface area contributed by atoms with Crippen LogP contribution in [0.2, 0.25) is 0 Å². The van der Waals surface area contributed by atoms with Crippen LogP contribution in [0.1, 0.15) is 19.2 Å². The first-order chi connectivity index (χ1) is 19.5. The van der Waals surface area contributed by atoms with Crippen molar-refractivity contribution in [2.75, 3.05) is 45.0 Å². The topological polar surface area (TPSA) is 153 Å². The highest BCUT2D eigenvalue weighted by Crippen LogP contribution is 2.42. The minimum Gasteiger partial charge on any atom is -0.497 e. The highest BCUT2D eigenvalue weighted by Gasteiger charge is 2.24. The van der Waals surface area contributed by atoms with Gasteiger partial charge in [-0.05, 0) is 33.2 Å². The van der Waals surface area contributed by atoms with Gasteiger partial charge in [-0.2, -0.15) is 8.42 Å². The first-order valence-corrected chi connectivity index (χ1v) is 14.3. The Balaban J connectivity index is 1.78. The zero-order valence-corrected chi connectivity index (χ0v) is 24.7. The minimum absolute atomic E-state index is 0.0415. The molecule has 0 saturated heterocycles. The predicted molar refractivity (Wildman–Crippen MR) is 156 cm³/mol. The number of aliphatic hydroxyl groups excluding tert-OH is 1. The Morgan fingerprint density at radius 3 is 2.34 bits per heavy atom. The van der Waals surface area contributed by atoms with Crippen LogP contribution >= 0.6 is 0 Å². The third kappa shape index (κ3) is 7.14. The summed E-state index contributed by atoms with van der Waals surface area (Å²) in [7, 11) is 4.35. The van der Waals surface area contributed by atoms with Crippen molar-refractivity contribution in [3.05, 3.63) is 48.4 Å². The molecule has 2 aromatic heterocycles. The van der Waals surface area contributed by atoms with Gasteiger partial charge in [0.25, 0.3) is 10.0 Å². The molecule has 220 valence electrons. The Bertz CT molecular complexity index is 1620. The van der Waals surface area contributed by atoms with E-state index in [9.17, 15) is 13.5 Å². The fraction of sp³-hybridized carbons (Fsp3) is 0.370. The minimum atomic E-state index is -4.15. The van der Waals surface area contributed by atoms with Crippen molar-refractivity contribution in [2.24, 2.45) is 7.05 Å². The molecule has 0 radical (unpaired) electrons. The fourth-order valence-electron chi connectivity index (χ4n) is 3.92. The Morgan fingerprint density at radius 2 is 1.73 bits per heavy atom. The van der Waals surface area contributed by atoms with Gasteiger partial charge in [0, 0.05) is 31.8 Å². The Labute approximate surface area is 239 Å². The number of rotatable bonds is 13. The van der Waals surface area contributed by atoms with Gasteiger partial charge in [0.15, 0.2) is 28.2 Å². The second kappa shape index (κ2) is 12.6. The Morgan fingerprint density at radius 1 is 1.05 bits per heavy atom. The molecule has 2 heterocycles. The summed E-state index contributed by atoms with van der Waals surface area (Å²) in [6.07, 6.45) is 1.27. The van der Waals surface area contributed by atoms with Gasteiger partial charge in [-0.1, -0.05) is 12.1 Å². The maximum Gasteiger partial charge on any atom is 0.282 e. The van der Waals surface area contributed by atoms with Crippen molar-refractivity contribution in [3.8, 4) is 17.2 Å². The molecular formula is C27H35N7O6S. The fourth-order valence-corrected chi connectivity index (χ4v) is 4.94. The summed E-state index contributed by atoms with van der Waals surface area (Å²) in [5, 5.41) is 12.7. The number of nitrogens with zero attached hydrogens (tertiary/aromatic N) is 5. The number of ether oxygens (including phenoxy) is 3. The predicted octanol–water partition coefficient (Wildman–Crippen LogP) is 3.14. The molecule has 1 atom stereocenters. The summed E-state index contributed by atoms with van der Waals surface area (Å²) in [4.78, 5) is 15.5. The largest absolute Gasteiger partial charge is 0.497 e. The first-order valence-electron chi connectivity index (χ1n) is 12.8. The molecular weight excluding hydrogens is 550 g/mol. The number of methoxy groups -OCH3 is 2. The maximum absolute atomic E-state index is 13.5. The lowest BCUT2D eigenvalue weighted by Crippen LogP contribution is -2.17. The highest BCUT2D eigenvalue weighted by molar-refractivity contribution is 7.92. The third-order valence-corrected chi connectivity index (χ3v) is 7.21. The molecule has 0 fully saturated rings. The van der Waals surface area contributed by atoms with Crippen molar-refractivity contribution in [2.45, 2.75) is 31.0 Å². The van der Waals surface area contributed by atoms with Gasteiger partial charge in [0.2, 0.25) is 0 Å². The number of nitrogens with one attached hydrogen (secondary N) is 2. The molecule has 14 heteroatoms. The lowest BCUT2D eigenvalue weighted by atomic mass is 10.2. The van der Waals surface area contributed by atoms with Crippen LogP contribution in [0.15, 0.2) is 47.6 Å². The van der Waals surface area contributed by atoms with Crippen LogP contribution in [0.3, 0.4) is 0 Å². The van der Waals surface area contributed by atoms with Crippen LogP contribution in [-0.4, -0.2) is 79.0 Å². The van der Waals surface area contributed by atoms with E-state index in [0.29, 0.717) is 52.8 Å². The van der Waals surface area contributed by atoms with Gasteiger partial charge in [-0.25, -0.2) is 15.0 Å². The van der Waals surface area contributed by atoms with Gasteiger partial charge in [0.1, 0.15) is 11.6 Å². The molecule has 0 aliphatic heterocycles. The van der Waals surface area contributed by atoms with E-state index in [1.165, 1.54) is 20.4 Å². The molecule has 0 aliphatic carbocycles. The van der Waals surface area contributed by atoms with Gasteiger partial charge in [0.05, 0.1) is 50.2 Å². The van der Waals surface area contributed by atoms with E-state index in [0.717, 1.165) is 0 Å². The van der Waals surface area contributed by atoms with Crippen LogP contribution in [0, 0.1) is 0 Å². The van der Waals surface area contributed by atoms with Crippen molar-refractivity contribution in [3.63, 3.8) is 0 Å². The number of hydrogen-bond acceptors (Lipinski definition) is 11. The Kier molecular flexibility index (Phi) is 9.15. The van der Waals surface area contributed by atoms with Gasteiger partial charge >= 0.3 is 0 Å². The molecule has 0 saturated carbocycles. The van der Waals surface area contributed by atoms with Crippen molar-refractivity contribution < 1.29 is 27.7 Å². The molecule has 0 amide bonds. The molecule has 4 rings (SSSR count). The number of aryl methyl sites for hydroxylation is 1. The van der Waals surface area contributed by atoms with E-state index in [-0.39, 0.29) is 23.3 Å². The van der Waals surface area contributed by atoms with E-state index in [1.54, 1.807) is 48.9 Å². The number of aromatic nitrogens is 4. The first kappa shape index (κ1) is 29.8. The molecule has 2 aromatic carbocycles. The molecule has 0 spiro atoms. The van der Waals surface area contributed by atoms with E-state index in [4.69, 9.17) is 14.2 Å². The van der Waals surface area contributed by atoms with Crippen LogP contribution in [0.4, 0.5) is 17.3 Å². The number of hydrogen-bond donors (Lipinski definition) is 3. The van der Waals surface area contributed by atoms with E-state index in [1.807, 2.05) is 25.1 Å². The van der Waals surface area contributed by atoms with Gasteiger partial charge in [-0.15, -0.1) is 0 Å². The molecule has 13 nitrogen and oxygen atoms in total. The van der Waals surface area contributed by atoms with E-state index >= 15 is 0 Å². The smallest absolute Gasteiger partial charge is 0.282 e. The average Bonchev–Trinajstić information content (AvgIpc) is 3.29. The maximum atomic E-state index is 13.5. The standard InChI is InChI=1S/C27H35N7O6S/c1-17(35)11-12-40-25-21(13-18(38-5)14-22(25)39-6)30-26-27(29-20-10-8-7-9-19(20)28-26)32-41(36,37)24-16-34(4)23(31-24)15-33(2)3/h7-10,13-14,16-17,35H,11-12,15H2,1-6H3,(H,28,30)(H,29,32). The van der Waals surface area contributed by atoms with Crippen molar-refractivity contribution in [1.29, 1.82) is 0 Å². The van der Waals surface area contributed by atoms with Crippen LogP contribution in [0.25, 0.3) is 11.0 Å². The summed E-state index contributed by atoms with van der Waals surface area (Å²) in [6, 6.07) is 10.4. The summed E-state index contributed by atoms with van der Waals surface area (Å²) >= 11 is 0. The number of imidazole rings is 1. The normalized spacial score (nSPS) is 12.4. The second-order valence-electron chi connectivity index (χ2n) is 9.68. The third-order valence-electron chi connectivity index (χ3n) is 6.00. The molecule has 0 bridgehead atoms. The number of benzene rings is 2. The second-order valence-corrected chi connectivity index (χ2v) is 11.3. The van der Waals surface area contributed by atoms with E-state index < -0.39 is 16.1 Å². The molecule has 41 heavy (non-hydrogen) atoms. The zero-order chi connectivity index (χ0) is 29.7. The number of sulfonamides is 1. The molecule has 0 aliphatic rings. The average molecular weight is 586 g/mol.